The molecule has 2 aromatic carbocycles. The number of benzene rings is 2. The molecule has 122 valence electrons. The van der Waals surface area contributed by atoms with E-state index in [1.54, 1.807) is 0 Å². The third-order valence-corrected chi connectivity index (χ3v) is 2.91. The highest BCUT2D eigenvalue weighted by Gasteiger charge is 2.11. The standard InChI is InChI=1S/C17H20NO.NO3/c1-18(2,3)13-14-9-11-16(12-10-14)17(19)15-7-5-4-6-8-15;2-1(3)4/h4-12H,13H2,1-3H3;/q+1;-1. The predicted molar refractivity (Wildman–Crippen MR) is 88.4 cm³/mol. The van der Waals surface area contributed by atoms with Crippen molar-refractivity contribution >= 4 is 5.78 Å². The third-order valence-electron chi connectivity index (χ3n) is 2.91. The van der Waals surface area contributed by atoms with Gasteiger partial charge in [-0.15, -0.1) is 0 Å². The van der Waals surface area contributed by atoms with E-state index in [9.17, 15) is 4.79 Å². The summed E-state index contributed by atoms with van der Waals surface area (Å²) < 4.78 is 0.881. The van der Waals surface area contributed by atoms with Gasteiger partial charge < -0.3 is 19.8 Å². The van der Waals surface area contributed by atoms with Crippen molar-refractivity contribution in [3.8, 4) is 0 Å². The largest absolute Gasteiger partial charge is 0.356 e. The van der Waals surface area contributed by atoms with E-state index >= 15 is 0 Å². The third kappa shape index (κ3) is 7.19. The van der Waals surface area contributed by atoms with Gasteiger partial charge in [0, 0.05) is 16.7 Å². The fourth-order valence-corrected chi connectivity index (χ4v) is 2.07. The van der Waals surface area contributed by atoms with Crippen molar-refractivity contribution < 1.29 is 14.4 Å². The van der Waals surface area contributed by atoms with Crippen molar-refractivity contribution in [1.29, 1.82) is 0 Å². The maximum Gasteiger partial charge on any atom is 0.193 e. The Morgan fingerprint density at radius 2 is 1.35 bits per heavy atom. The maximum atomic E-state index is 12.2. The Kier molecular flexibility index (Phi) is 6.41. The number of rotatable bonds is 4. The highest BCUT2D eigenvalue weighted by Crippen LogP contribution is 2.13. The van der Waals surface area contributed by atoms with Gasteiger partial charge in [-0.1, -0.05) is 54.6 Å². The van der Waals surface area contributed by atoms with Gasteiger partial charge in [-0.25, -0.2) is 0 Å². The van der Waals surface area contributed by atoms with Crippen LogP contribution in [0.15, 0.2) is 54.6 Å². The fraction of sp³-hybridized carbons (Fsp3) is 0.235. The highest BCUT2D eigenvalue weighted by molar-refractivity contribution is 6.08. The number of hydrogen-bond donors (Lipinski definition) is 0. The van der Waals surface area contributed by atoms with Gasteiger partial charge in [0.25, 0.3) is 0 Å². The summed E-state index contributed by atoms with van der Waals surface area (Å²) in [6, 6.07) is 17.3. The Morgan fingerprint density at radius 3 is 1.78 bits per heavy atom. The van der Waals surface area contributed by atoms with Crippen molar-refractivity contribution in [2.45, 2.75) is 6.54 Å². The van der Waals surface area contributed by atoms with Crippen LogP contribution in [0.1, 0.15) is 21.5 Å². The minimum atomic E-state index is -1.75. The van der Waals surface area contributed by atoms with E-state index in [1.807, 2.05) is 54.6 Å². The average molecular weight is 316 g/mol. The molecule has 0 amide bonds. The summed E-state index contributed by atoms with van der Waals surface area (Å²) in [6.45, 7) is 0.958. The first-order chi connectivity index (χ1) is 10.7. The molecule has 0 bridgehead atoms. The average Bonchev–Trinajstić information content (AvgIpc) is 2.46. The summed E-state index contributed by atoms with van der Waals surface area (Å²) in [5, 5.41) is 14.8. The van der Waals surface area contributed by atoms with Crippen molar-refractivity contribution in [2.75, 3.05) is 21.1 Å². The van der Waals surface area contributed by atoms with Crippen LogP contribution in [-0.4, -0.2) is 36.5 Å². The molecule has 6 nitrogen and oxygen atoms in total. The van der Waals surface area contributed by atoms with Gasteiger partial charge in [-0.3, -0.25) is 4.79 Å². The van der Waals surface area contributed by atoms with Crippen LogP contribution in [0, 0.1) is 15.3 Å². The highest BCUT2D eigenvalue weighted by atomic mass is 16.9. The molecule has 0 N–H and O–H groups in total. The predicted octanol–water partition coefficient (Wildman–Crippen LogP) is 2.88. The van der Waals surface area contributed by atoms with Crippen LogP contribution in [0.2, 0.25) is 0 Å². The zero-order valence-corrected chi connectivity index (χ0v) is 13.4. The zero-order chi connectivity index (χ0) is 17.5. The van der Waals surface area contributed by atoms with Crippen LogP contribution >= 0.6 is 0 Å². The Labute approximate surface area is 135 Å². The number of hydrogen-bond acceptors (Lipinski definition) is 4. The lowest BCUT2D eigenvalue weighted by Crippen LogP contribution is -2.33. The second-order valence-electron chi connectivity index (χ2n) is 6.06. The molecule has 6 heteroatoms. The molecule has 0 atom stereocenters. The maximum absolute atomic E-state index is 12.2. The van der Waals surface area contributed by atoms with Crippen molar-refractivity contribution in [1.82, 2.24) is 0 Å². The summed E-state index contributed by atoms with van der Waals surface area (Å²) in [5.74, 6) is 0.0809. The monoisotopic (exact) mass is 316 g/mol. The molecular formula is C17H20N2O4. The first-order valence-electron chi connectivity index (χ1n) is 7.00. The molecular weight excluding hydrogens is 296 g/mol. The molecule has 0 fully saturated rings. The van der Waals surface area contributed by atoms with E-state index in [0.29, 0.717) is 0 Å². The number of nitrogens with zero attached hydrogens (tertiary/aromatic N) is 2. The molecule has 0 aliphatic heterocycles. The molecule has 2 rings (SSSR count). The van der Waals surface area contributed by atoms with E-state index in [2.05, 4.69) is 21.1 Å². The summed E-state index contributed by atoms with van der Waals surface area (Å²) in [4.78, 5) is 20.5. The lowest BCUT2D eigenvalue weighted by Gasteiger charge is -2.23. The lowest BCUT2D eigenvalue weighted by molar-refractivity contribution is -0.884. The van der Waals surface area contributed by atoms with Gasteiger partial charge >= 0.3 is 0 Å². The van der Waals surface area contributed by atoms with E-state index in [4.69, 9.17) is 15.3 Å². The molecule has 0 radical (unpaired) electrons. The Hall–Kier alpha value is -2.73. The van der Waals surface area contributed by atoms with Gasteiger partial charge in [-0.2, -0.15) is 0 Å². The van der Waals surface area contributed by atoms with Crippen LogP contribution in [0.4, 0.5) is 0 Å². The molecule has 23 heavy (non-hydrogen) atoms. The molecule has 0 aliphatic carbocycles. The first kappa shape index (κ1) is 18.3. The van der Waals surface area contributed by atoms with Gasteiger partial charge in [0.15, 0.2) is 5.78 Å². The number of quaternary nitrogens is 1. The van der Waals surface area contributed by atoms with E-state index < -0.39 is 5.09 Å². The van der Waals surface area contributed by atoms with Gasteiger partial charge in [0.1, 0.15) is 6.54 Å². The van der Waals surface area contributed by atoms with E-state index in [-0.39, 0.29) is 5.78 Å². The van der Waals surface area contributed by atoms with Crippen molar-refractivity contribution in [3.63, 3.8) is 0 Å². The van der Waals surface area contributed by atoms with Gasteiger partial charge in [0.05, 0.1) is 26.2 Å². The normalized spacial score (nSPS) is 10.4. The SMILES string of the molecule is C[N+](C)(C)Cc1ccc(C(=O)c2ccccc2)cc1.O=[N+]([O-])[O-]. The number of ketones is 1. The summed E-state index contributed by atoms with van der Waals surface area (Å²) >= 11 is 0. The van der Waals surface area contributed by atoms with Crippen LogP contribution in [0.25, 0.3) is 0 Å². The topological polar surface area (TPSA) is 83.3 Å². The fourth-order valence-electron chi connectivity index (χ4n) is 2.07. The van der Waals surface area contributed by atoms with E-state index in [0.717, 1.165) is 22.2 Å². The molecule has 0 aliphatic rings. The quantitative estimate of drug-likeness (QED) is 0.376. The second kappa shape index (κ2) is 8.05. The first-order valence-corrected chi connectivity index (χ1v) is 7.00. The smallest absolute Gasteiger partial charge is 0.193 e. The molecule has 0 saturated carbocycles. The number of carbonyl (C=O) groups excluding carboxylic acids is 1. The molecule has 0 aromatic heterocycles. The van der Waals surface area contributed by atoms with Crippen LogP contribution in [0.3, 0.4) is 0 Å². The zero-order valence-electron chi connectivity index (χ0n) is 13.4. The van der Waals surface area contributed by atoms with Crippen molar-refractivity contribution in [3.05, 3.63) is 86.6 Å². The Balaban J connectivity index is 0.000000593. The molecule has 2 aromatic rings. The second-order valence-corrected chi connectivity index (χ2v) is 6.06. The van der Waals surface area contributed by atoms with Gasteiger partial charge in [-0.05, 0) is 0 Å². The van der Waals surface area contributed by atoms with Crippen LogP contribution < -0.4 is 0 Å². The van der Waals surface area contributed by atoms with Gasteiger partial charge in [0.2, 0.25) is 0 Å². The minimum Gasteiger partial charge on any atom is -0.356 e. The lowest BCUT2D eigenvalue weighted by atomic mass is 10.0. The minimum absolute atomic E-state index is 0.0809. The molecule has 0 heterocycles. The summed E-state index contributed by atoms with van der Waals surface area (Å²) in [5.41, 5.74) is 2.73. The van der Waals surface area contributed by atoms with Crippen LogP contribution in [-0.2, 0) is 6.54 Å². The summed E-state index contributed by atoms with van der Waals surface area (Å²) in [7, 11) is 6.47. The number of carbonyl (C=O) groups is 1. The molecule has 0 unspecified atom stereocenters. The Morgan fingerprint density at radius 1 is 0.913 bits per heavy atom. The Bertz CT molecular complexity index is 643. The van der Waals surface area contributed by atoms with Crippen LogP contribution in [0.5, 0.6) is 0 Å². The summed E-state index contributed by atoms with van der Waals surface area (Å²) in [6.07, 6.45) is 0. The molecule has 0 spiro atoms. The molecule has 0 saturated heterocycles. The van der Waals surface area contributed by atoms with Crippen molar-refractivity contribution in [2.24, 2.45) is 0 Å². The van der Waals surface area contributed by atoms with E-state index in [1.165, 1.54) is 5.56 Å².